The number of nitrogens with two attached hydrogens (primary N) is 1. The number of rotatable bonds is 4. The van der Waals surface area contributed by atoms with E-state index in [1.54, 1.807) is 20.3 Å². The summed E-state index contributed by atoms with van der Waals surface area (Å²) in [6.45, 7) is 4.21. The first-order valence-electron chi connectivity index (χ1n) is 6.25. The molecule has 1 aromatic heterocycles. The largest absolute Gasteiger partial charge is 0.493 e. The molecule has 1 heterocycles. The summed E-state index contributed by atoms with van der Waals surface area (Å²) in [5.74, 6) is 2.13. The van der Waals surface area contributed by atoms with Crippen LogP contribution in [0.4, 0.5) is 5.82 Å². The Morgan fingerprint density at radius 3 is 2.40 bits per heavy atom. The number of nitrogen functional groups attached to an aromatic ring is 1. The third kappa shape index (κ3) is 2.47. The molecule has 2 rings (SSSR count). The third-order valence-electron chi connectivity index (χ3n) is 3.10. The van der Waals surface area contributed by atoms with E-state index in [1.807, 2.05) is 6.07 Å². The minimum absolute atomic E-state index is 0.246. The second kappa shape index (κ2) is 5.75. The highest BCUT2D eigenvalue weighted by Crippen LogP contribution is 2.46. The molecule has 3 N–H and O–H groups in total. The lowest BCUT2D eigenvalue weighted by Crippen LogP contribution is -2.02. The minimum Gasteiger partial charge on any atom is -0.493 e. The van der Waals surface area contributed by atoms with E-state index in [0.29, 0.717) is 11.6 Å². The zero-order chi connectivity index (χ0) is 14.9. The van der Waals surface area contributed by atoms with Gasteiger partial charge in [-0.15, -0.1) is 0 Å². The standard InChI is InChI=1S/C14H18BrN3O2/c1-7(2)12-13(9-6-11(16)18-17-9)8(15)5-10(19-3)14(12)20-4/h5-7H,1-4H3,(H3,16,17,18). The second-order valence-electron chi connectivity index (χ2n) is 4.74. The Labute approximate surface area is 126 Å². The van der Waals surface area contributed by atoms with Crippen LogP contribution in [0.3, 0.4) is 0 Å². The van der Waals surface area contributed by atoms with E-state index in [4.69, 9.17) is 15.2 Å². The maximum absolute atomic E-state index is 5.71. The summed E-state index contributed by atoms with van der Waals surface area (Å²) >= 11 is 3.59. The molecule has 0 fully saturated rings. The Morgan fingerprint density at radius 1 is 1.25 bits per heavy atom. The minimum atomic E-state index is 0.246. The van der Waals surface area contributed by atoms with Crippen LogP contribution in [-0.2, 0) is 0 Å². The van der Waals surface area contributed by atoms with E-state index < -0.39 is 0 Å². The van der Waals surface area contributed by atoms with Gasteiger partial charge in [0, 0.05) is 21.7 Å². The van der Waals surface area contributed by atoms with Crippen molar-refractivity contribution in [3.05, 3.63) is 22.2 Å². The molecular weight excluding hydrogens is 322 g/mol. The lowest BCUT2D eigenvalue weighted by molar-refractivity contribution is 0.350. The summed E-state index contributed by atoms with van der Waals surface area (Å²) in [5.41, 5.74) is 8.58. The molecule has 20 heavy (non-hydrogen) atoms. The van der Waals surface area contributed by atoms with Gasteiger partial charge in [0.15, 0.2) is 11.5 Å². The van der Waals surface area contributed by atoms with Crippen molar-refractivity contribution in [1.29, 1.82) is 0 Å². The molecule has 0 aliphatic rings. The van der Waals surface area contributed by atoms with Crippen LogP contribution in [0.5, 0.6) is 11.5 Å². The number of aromatic amines is 1. The molecule has 5 nitrogen and oxygen atoms in total. The molecule has 1 aromatic carbocycles. The predicted molar refractivity (Wildman–Crippen MR) is 83.3 cm³/mol. The van der Waals surface area contributed by atoms with E-state index >= 15 is 0 Å². The summed E-state index contributed by atoms with van der Waals surface area (Å²) in [7, 11) is 3.27. The number of hydrogen-bond acceptors (Lipinski definition) is 4. The van der Waals surface area contributed by atoms with E-state index in [0.717, 1.165) is 27.0 Å². The first kappa shape index (κ1) is 14.7. The molecule has 0 saturated heterocycles. The molecule has 6 heteroatoms. The van der Waals surface area contributed by atoms with E-state index in [-0.39, 0.29) is 5.92 Å². The maximum Gasteiger partial charge on any atom is 0.164 e. The van der Waals surface area contributed by atoms with Gasteiger partial charge in [-0.2, -0.15) is 5.10 Å². The maximum atomic E-state index is 5.71. The van der Waals surface area contributed by atoms with Crippen LogP contribution in [0, 0.1) is 0 Å². The van der Waals surface area contributed by atoms with Crippen LogP contribution in [0.2, 0.25) is 0 Å². The Bertz CT molecular complexity index is 623. The van der Waals surface area contributed by atoms with Gasteiger partial charge in [-0.3, -0.25) is 5.10 Å². The fourth-order valence-corrected chi connectivity index (χ4v) is 2.91. The topological polar surface area (TPSA) is 73.2 Å². The number of halogens is 1. The van der Waals surface area contributed by atoms with Crippen molar-refractivity contribution in [3.63, 3.8) is 0 Å². The van der Waals surface area contributed by atoms with Crippen LogP contribution in [0.1, 0.15) is 25.3 Å². The van der Waals surface area contributed by atoms with E-state index in [1.165, 1.54) is 0 Å². The Hall–Kier alpha value is -1.69. The lowest BCUT2D eigenvalue weighted by Gasteiger charge is -2.20. The number of anilines is 1. The normalized spacial score (nSPS) is 10.9. The quantitative estimate of drug-likeness (QED) is 0.893. The number of H-pyrrole nitrogens is 1. The zero-order valence-electron chi connectivity index (χ0n) is 12.0. The van der Waals surface area contributed by atoms with Gasteiger partial charge in [0.2, 0.25) is 0 Å². The van der Waals surface area contributed by atoms with Crippen molar-refractivity contribution in [1.82, 2.24) is 10.2 Å². The zero-order valence-corrected chi connectivity index (χ0v) is 13.5. The number of nitrogens with one attached hydrogen (secondary N) is 1. The Balaban J connectivity index is 2.78. The highest BCUT2D eigenvalue weighted by atomic mass is 79.9. The molecule has 0 aliphatic heterocycles. The van der Waals surface area contributed by atoms with Crippen molar-refractivity contribution >= 4 is 21.7 Å². The molecule has 0 radical (unpaired) electrons. The fourth-order valence-electron chi connectivity index (χ4n) is 2.28. The van der Waals surface area contributed by atoms with Crippen molar-refractivity contribution in [2.75, 3.05) is 20.0 Å². The third-order valence-corrected chi connectivity index (χ3v) is 3.73. The summed E-state index contributed by atoms with van der Waals surface area (Å²) in [6, 6.07) is 3.69. The van der Waals surface area contributed by atoms with Gasteiger partial charge in [-0.25, -0.2) is 0 Å². The summed E-state index contributed by atoms with van der Waals surface area (Å²) in [5, 5.41) is 6.94. The average Bonchev–Trinajstić information content (AvgIpc) is 2.83. The number of aromatic nitrogens is 2. The molecule has 0 spiro atoms. The second-order valence-corrected chi connectivity index (χ2v) is 5.60. The monoisotopic (exact) mass is 339 g/mol. The van der Waals surface area contributed by atoms with Gasteiger partial charge in [0.05, 0.1) is 19.9 Å². The van der Waals surface area contributed by atoms with Gasteiger partial charge in [-0.05, 0) is 27.9 Å². The van der Waals surface area contributed by atoms with Crippen molar-refractivity contribution in [3.8, 4) is 22.8 Å². The average molecular weight is 340 g/mol. The molecule has 0 amide bonds. The van der Waals surface area contributed by atoms with E-state index in [2.05, 4.69) is 40.0 Å². The van der Waals surface area contributed by atoms with Crippen molar-refractivity contribution in [2.24, 2.45) is 0 Å². The van der Waals surface area contributed by atoms with Crippen LogP contribution < -0.4 is 15.2 Å². The number of hydrogen-bond donors (Lipinski definition) is 2. The van der Waals surface area contributed by atoms with Crippen LogP contribution in [0.15, 0.2) is 16.6 Å². The molecule has 0 bridgehead atoms. The van der Waals surface area contributed by atoms with Gasteiger partial charge < -0.3 is 15.2 Å². The molecule has 0 atom stereocenters. The summed E-state index contributed by atoms with van der Waals surface area (Å²) in [4.78, 5) is 0. The number of nitrogens with zero attached hydrogens (tertiary/aromatic N) is 1. The number of methoxy groups -OCH3 is 2. The van der Waals surface area contributed by atoms with Gasteiger partial charge in [0.1, 0.15) is 5.82 Å². The Morgan fingerprint density at radius 2 is 1.95 bits per heavy atom. The number of ether oxygens (including phenoxy) is 2. The molecular formula is C14H18BrN3O2. The first-order valence-corrected chi connectivity index (χ1v) is 7.04. The number of benzene rings is 1. The van der Waals surface area contributed by atoms with Crippen LogP contribution in [0.25, 0.3) is 11.3 Å². The van der Waals surface area contributed by atoms with Gasteiger partial charge in [0.25, 0.3) is 0 Å². The molecule has 108 valence electrons. The first-order chi connectivity index (χ1) is 9.49. The Kier molecular flexibility index (Phi) is 4.23. The highest BCUT2D eigenvalue weighted by molar-refractivity contribution is 9.10. The predicted octanol–water partition coefficient (Wildman–Crippen LogP) is 3.56. The SMILES string of the molecule is COc1cc(Br)c(-c2cc(N)n[nH]2)c(C(C)C)c1OC. The molecule has 0 aliphatic carbocycles. The van der Waals surface area contributed by atoms with Gasteiger partial charge >= 0.3 is 0 Å². The molecule has 0 unspecified atom stereocenters. The van der Waals surface area contributed by atoms with E-state index in [9.17, 15) is 0 Å². The molecule has 2 aromatic rings. The van der Waals surface area contributed by atoms with Gasteiger partial charge in [-0.1, -0.05) is 13.8 Å². The van der Waals surface area contributed by atoms with Crippen LogP contribution >= 0.6 is 15.9 Å². The lowest BCUT2D eigenvalue weighted by atomic mass is 9.93. The summed E-state index contributed by atoms with van der Waals surface area (Å²) in [6.07, 6.45) is 0. The summed E-state index contributed by atoms with van der Waals surface area (Å²) < 4.78 is 11.8. The van der Waals surface area contributed by atoms with Crippen LogP contribution in [-0.4, -0.2) is 24.4 Å². The highest BCUT2D eigenvalue weighted by Gasteiger charge is 2.23. The fraction of sp³-hybridized carbons (Fsp3) is 0.357. The van der Waals surface area contributed by atoms with Crippen molar-refractivity contribution in [2.45, 2.75) is 19.8 Å². The smallest absolute Gasteiger partial charge is 0.164 e. The van der Waals surface area contributed by atoms with Crippen molar-refractivity contribution < 1.29 is 9.47 Å². The molecule has 0 saturated carbocycles.